The number of allylic oxidation sites excluding steroid dienone is 1. The third-order valence-corrected chi connectivity index (χ3v) is 1.97. The van der Waals surface area contributed by atoms with E-state index in [2.05, 4.69) is 0 Å². The summed E-state index contributed by atoms with van der Waals surface area (Å²) in [6.45, 7) is 0. The average Bonchev–Trinajstić information content (AvgIpc) is 2.68. The molecule has 0 radical (unpaired) electrons. The maximum absolute atomic E-state index is 10.8. The van der Waals surface area contributed by atoms with Gasteiger partial charge in [0, 0.05) is 18.4 Å². The molecule has 0 spiro atoms. The molecule has 2 N–H and O–H groups in total. The molecule has 0 saturated heterocycles. The van der Waals surface area contributed by atoms with Crippen molar-refractivity contribution in [2.24, 2.45) is 0 Å². The van der Waals surface area contributed by atoms with Crippen LogP contribution in [0.2, 0.25) is 0 Å². The maximum Gasteiger partial charge on any atom is 0.331 e. The van der Waals surface area contributed by atoms with Gasteiger partial charge in [0.25, 0.3) is 0 Å². The molecule has 5 nitrogen and oxygen atoms in total. The zero-order chi connectivity index (χ0) is 12.0. The summed E-state index contributed by atoms with van der Waals surface area (Å²) in [5.74, 6) is -1.45. The second-order valence-electron chi connectivity index (χ2n) is 3.22. The fraction of sp³-hybridized carbons (Fsp3) is 0.273. The second kappa shape index (κ2) is 5.75. The number of aliphatic carboxylic acids is 2. The van der Waals surface area contributed by atoms with Gasteiger partial charge in [-0.2, -0.15) is 0 Å². The Morgan fingerprint density at radius 3 is 2.62 bits per heavy atom. The minimum absolute atomic E-state index is 0.0745. The zero-order valence-corrected chi connectivity index (χ0v) is 8.55. The molecule has 0 saturated carbocycles. The quantitative estimate of drug-likeness (QED) is 0.718. The number of rotatable bonds is 6. The van der Waals surface area contributed by atoms with E-state index in [0.29, 0.717) is 5.76 Å². The summed E-state index contributed by atoms with van der Waals surface area (Å²) in [5, 5.41) is 17.3. The molecule has 0 aliphatic rings. The highest BCUT2D eigenvalue weighted by atomic mass is 16.4. The summed E-state index contributed by atoms with van der Waals surface area (Å²) >= 11 is 0. The van der Waals surface area contributed by atoms with E-state index in [9.17, 15) is 9.59 Å². The third-order valence-electron chi connectivity index (χ3n) is 1.97. The third kappa shape index (κ3) is 4.00. The van der Waals surface area contributed by atoms with Crippen LogP contribution in [0.5, 0.6) is 0 Å². The van der Waals surface area contributed by atoms with Crippen molar-refractivity contribution in [2.45, 2.75) is 19.3 Å². The molecule has 0 aromatic carbocycles. The first-order valence-electron chi connectivity index (χ1n) is 4.76. The van der Waals surface area contributed by atoms with Crippen LogP contribution in [0, 0.1) is 0 Å². The molecule has 1 heterocycles. The fourth-order valence-corrected chi connectivity index (χ4v) is 1.21. The molecule has 86 valence electrons. The summed E-state index contributed by atoms with van der Waals surface area (Å²) in [5.41, 5.74) is 0.149. The van der Waals surface area contributed by atoms with Gasteiger partial charge < -0.3 is 14.6 Å². The van der Waals surface area contributed by atoms with Crippen LogP contribution < -0.4 is 0 Å². The van der Waals surface area contributed by atoms with Crippen LogP contribution in [0.3, 0.4) is 0 Å². The molecular formula is C11H12O5. The lowest BCUT2D eigenvalue weighted by molar-refractivity contribution is -0.137. The summed E-state index contributed by atoms with van der Waals surface area (Å²) in [7, 11) is 0. The van der Waals surface area contributed by atoms with E-state index in [4.69, 9.17) is 14.6 Å². The number of hydrogen-bond donors (Lipinski definition) is 2. The fourth-order valence-electron chi connectivity index (χ4n) is 1.21. The molecule has 0 amide bonds. The van der Waals surface area contributed by atoms with Crippen molar-refractivity contribution in [3.05, 3.63) is 35.8 Å². The number of hydrogen-bond acceptors (Lipinski definition) is 3. The van der Waals surface area contributed by atoms with Crippen LogP contribution in [-0.4, -0.2) is 22.2 Å². The Hall–Kier alpha value is -2.04. The number of carboxylic acid groups (broad SMARTS) is 2. The predicted octanol–water partition coefficient (Wildman–Crippen LogP) is 1.70. The molecule has 16 heavy (non-hydrogen) atoms. The van der Waals surface area contributed by atoms with Crippen LogP contribution in [0.1, 0.15) is 18.6 Å². The average molecular weight is 224 g/mol. The predicted molar refractivity (Wildman–Crippen MR) is 55.0 cm³/mol. The lowest BCUT2D eigenvalue weighted by atomic mass is 10.1. The van der Waals surface area contributed by atoms with Gasteiger partial charge in [0.1, 0.15) is 5.76 Å². The first kappa shape index (κ1) is 12.0. The minimum Gasteiger partial charge on any atom is -0.481 e. The molecule has 0 unspecified atom stereocenters. The van der Waals surface area contributed by atoms with Crippen LogP contribution in [0.4, 0.5) is 0 Å². The van der Waals surface area contributed by atoms with Gasteiger partial charge in [-0.1, -0.05) is 6.08 Å². The summed E-state index contributed by atoms with van der Waals surface area (Å²) in [6, 6.07) is 3.35. The Bertz CT molecular complexity index is 389. The SMILES string of the molecule is O=C(O)CCC=C(Cc1ccco1)C(=O)O. The normalized spacial score (nSPS) is 11.4. The monoisotopic (exact) mass is 224 g/mol. The first-order valence-corrected chi connectivity index (χ1v) is 4.76. The molecule has 0 bridgehead atoms. The van der Waals surface area contributed by atoms with Gasteiger partial charge in [-0.3, -0.25) is 4.79 Å². The van der Waals surface area contributed by atoms with E-state index in [1.165, 1.54) is 12.3 Å². The van der Waals surface area contributed by atoms with Gasteiger partial charge in [0.2, 0.25) is 0 Å². The molecule has 0 atom stereocenters. The van der Waals surface area contributed by atoms with E-state index in [1.807, 2.05) is 0 Å². The van der Waals surface area contributed by atoms with Crippen molar-refractivity contribution in [1.29, 1.82) is 0 Å². The summed E-state index contributed by atoms with van der Waals surface area (Å²) in [4.78, 5) is 21.1. The zero-order valence-electron chi connectivity index (χ0n) is 8.55. The van der Waals surface area contributed by atoms with Gasteiger partial charge in [-0.05, 0) is 18.6 Å². The number of carboxylic acids is 2. The molecule has 5 heteroatoms. The van der Waals surface area contributed by atoms with Crippen LogP contribution in [0.25, 0.3) is 0 Å². The second-order valence-corrected chi connectivity index (χ2v) is 3.22. The number of carbonyl (C=O) groups is 2. The van der Waals surface area contributed by atoms with E-state index < -0.39 is 11.9 Å². The van der Waals surface area contributed by atoms with E-state index in [-0.39, 0.29) is 24.8 Å². The molecule has 0 aliphatic heterocycles. The van der Waals surface area contributed by atoms with Crippen LogP contribution >= 0.6 is 0 Å². The first-order chi connectivity index (χ1) is 7.59. The smallest absolute Gasteiger partial charge is 0.331 e. The maximum atomic E-state index is 10.8. The molecule has 1 rings (SSSR count). The standard InChI is InChI=1S/C11H12O5/c12-10(13)5-1-3-8(11(14)15)7-9-4-2-6-16-9/h2-4,6H,1,5,7H2,(H,12,13)(H,14,15). The van der Waals surface area contributed by atoms with Gasteiger partial charge in [-0.25, -0.2) is 4.79 Å². The number of furan rings is 1. The summed E-state index contributed by atoms with van der Waals surface area (Å²) in [6.07, 6.45) is 3.18. The lowest BCUT2D eigenvalue weighted by Crippen LogP contribution is -2.04. The van der Waals surface area contributed by atoms with Crippen molar-refractivity contribution < 1.29 is 24.2 Å². The van der Waals surface area contributed by atoms with Crippen molar-refractivity contribution in [1.82, 2.24) is 0 Å². The Morgan fingerprint density at radius 1 is 1.38 bits per heavy atom. The lowest BCUT2D eigenvalue weighted by Gasteiger charge is -1.99. The topological polar surface area (TPSA) is 87.7 Å². The van der Waals surface area contributed by atoms with E-state index in [0.717, 1.165) is 0 Å². The van der Waals surface area contributed by atoms with Gasteiger partial charge in [-0.15, -0.1) is 0 Å². The van der Waals surface area contributed by atoms with Gasteiger partial charge >= 0.3 is 11.9 Å². The Balaban J connectivity index is 2.60. The van der Waals surface area contributed by atoms with E-state index >= 15 is 0 Å². The van der Waals surface area contributed by atoms with Crippen LogP contribution in [0.15, 0.2) is 34.5 Å². The molecule has 1 aromatic rings. The highest BCUT2D eigenvalue weighted by Gasteiger charge is 2.09. The summed E-state index contributed by atoms with van der Waals surface area (Å²) < 4.78 is 5.02. The van der Waals surface area contributed by atoms with Crippen molar-refractivity contribution in [2.75, 3.05) is 0 Å². The largest absolute Gasteiger partial charge is 0.481 e. The van der Waals surface area contributed by atoms with Crippen molar-refractivity contribution >= 4 is 11.9 Å². The molecule has 0 fully saturated rings. The Kier molecular flexibility index (Phi) is 4.32. The molecule has 1 aromatic heterocycles. The van der Waals surface area contributed by atoms with E-state index in [1.54, 1.807) is 12.1 Å². The Labute approximate surface area is 92.0 Å². The molecule has 0 aliphatic carbocycles. The molecular weight excluding hydrogens is 212 g/mol. The highest BCUT2D eigenvalue weighted by molar-refractivity contribution is 5.87. The minimum atomic E-state index is -1.05. The van der Waals surface area contributed by atoms with Crippen LogP contribution in [-0.2, 0) is 16.0 Å². The van der Waals surface area contributed by atoms with Gasteiger partial charge in [0.05, 0.1) is 6.26 Å². The Morgan fingerprint density at radius 2 is 2.12 bits per heavy atom. The van der Waals surface area contributed by atoms with Crippen molar-refractivity contribution in [3.8, 4) is 0 Å². The van der Waals surface area contributed by atoms with Gasteiger partial charge in [0.15, 0.2) is 0 Å². The highest BCUT2D eigenvalue weighted by Crippen LogP contribution is 2.10. The van der Waals surface area contributed by atoms with Crippen molar-refractivity contribution in [3.63, 3.8) is 0 Å².